The molecule has 0 saturated heterocycles. The lowest BCUT2D eigenvalue weighted by molar-refractivity contribution is -0.157. The fraction of sp³-hybridized carbons (Fsp3) is 0.667. The maximum Gasteiger partial charge on any atom is 0.335 e. The third-order valence-electron chi connectivity index (χ3n) is 1.66. The second-order valence-corrected chi connectivity index (χ2v) is 2.92. The standard InChI is InChI=1S/C9H15FO2/c1-5-7(4)8(10)12-9(11)6(2)3/h7-8H,2,5H2,1,3-4H3. The zero-order valence-corrected chi connectivity index (χ0v) is 7.76. The molecule has 0 aromatic carbocycles. The molecule has 0 rings (SSSR count). The molecule has 0 N–H and O–H groups in total. The van der Waals surface area contributed by atoms with E-state index in [0.717, 1.165) is 0 Å². The monoisotopic (exact) mass is 174 g/mol. The van der Waals surface area contributed by atoms with E-state index in [4.69, 9.17) is 0 Å². The minimum Gasteiger partial charge on any atom is -0.427 e. The van der Waals surface area contributed by atoms with Gasteiger partial charge in [0.25, 0.3) is 0 Å². The van der Waals surface area contributed by atoms with Crippen LogP contribution in [-0.2, 0) is 9.53 Å². The van der Waals surface area contributed by atoms with Crippen LogP contribution in [0.2, 0.25) is 0 Å². The summed E-state index contributed by atoms with van der Waals surface area (Å²) in [5.41, 5.74) is 0.223. The maximum absolute atomic E-state index is 12.9. The van der Waals surface area contributed by atoms with Gasteiger partial charge in [-0.2, -0.15) is 0 Å². The number of halogens is 1. The maximum atomic E-state index is 12.9. The van der Waals surface area contributed by atoms with Crippen LogP contribution in [0.1, 0.15) is 27.2 Å². The number of esters is 1. The first-order chi connectivity index (χ1) is 5.49. The lowest BCUT2D eigenvalue weighted by Gasteiger charge is -2.14. The van der Waals surface area contributed by atoms with Gasteiger partial charge in [0.2, 0.25) is 6.36 Å². The molecule has 0 aromatic heterocycles. The SMILES string of the molecule is C=C(C)C(=O)OC(F)C(C)CC. The van der Waals surface area contributed by atoms with Gasteiger partial charge in [-0.15, -0.1) is 0 Å². The largest absolute Gasteiger partial charge is 0.427 e. The summed E-state index contributed by atoms with van der Waals surface area (Å²) >= 11 is 0. The Bertz CT molecular complexity index is 177. The Kier molecular flexibility index (Phi) is 4.55. The van der Waals surface area contributed by atoms with Crippen molar-refractivity contribution in [1.29, 1.82) is 0 Å². The molecule has 0 aliphatic heterocycles. The van der Waals surface area contributed by atoms with E-state index in [0.29, 0.717) is 6.42 Å². The Morgan fingerprint density at radius 1 is 1.67 bits per heavy atom. The summed E-state index contributed by atoms with van der Waals surface area (Å²) in [4.78, 5) is 10.8. The van der Waals surface area contributed by atoms with Crippen LogP contribution < -0.4 is 0 Å². The van der Waals surface area contributed by atoms with E-state index in [1.165, 1.54) is 6.92 Å². The Hall–Kier alpha value is -0.860. The highest BCUT2D eigenvalue weighted by atomic mass is 19.1. The highest BCUT2D eigenvalue weighted by molar-refractivity contribution is 5.86. The van der Waals surface area contributed by atoms with E-state index in [1.807, 2.05) is 6.92 Å². The fourth-order valence-corrected chi connectivity index (χ4v) is 0.504. The van der Waals surface area contributed by atoms with Gasteiger partial charge in [0.1, 0.15) is 0 Å². The molecule has 0 aromatic rings. The van der Waals surface area contributed by atoms with Gasteiger partial charge in [0.05, 0.1) is 0 Å². The number of rotatable bonds is 4. The number of carbonyl (C=O) groups excluding carboxylic acids is 1. The van der Waals surface area contributed by atoms with E-state index < -0.39 is 12.3 Å². The van der Waals surface area contributed by atoms with Gasteiger partial charge in [-0.3, -0.25) is 0 Å². The van der Waals surface area contributed by atoms with Crippen LogP contribution >= 0.6 is 0 Å². The van der Waals surface area contributed by atoms with Crippen molar-refractivity contribution in [1.82, 2.24) is 0 Å². The van der Waals surface area contributed by atoms with Gasteiger partial charge in [-0.25, -0.2) is 9.18 Å². The summed E-state index contributed by atoms with van der Waals surface area (Å²) in [5, 5.41) is 0. The highest BCUT2D eigenvalue weighted by Gasteiger charge is 2.18. The Morgan fingerprint density at radius 3 is 2.50 bits per heavy atom. The van der Waals surface area contributed by atoms with Crippen molar-refractivity contribution in [2.45, 2.75) is 33.5 Å². The zero-order chi connectivity index (χ0) is 9.72. The molecule has 0 radical (unpaired) electrons. The van der Waals surface area contributed by atoms with Crippen molar-refractivity contribution in [3.05, 3.63) is 12.2 Å². The zero-order valence-electron chi connectivity index (χ0n) is 7.76. The van der Waals surface area contributed by atoms with Crippen LogP contribution in [0.3, 0.4) is 0 Å². The van der Waals surface area contributed by atoms with Crippen LogP contribution in [-0.4, -0.2) is 12.3 Å². The molecule has 70 valence electrons. The molecule has 0 amide bonds. The van der Waals surface area contributed by atoms with Crippen molar-refractivity contribution >= 4 is 5.97 Å². The molecule has 0 spiro atoms. The smallest absolute Gasteiger partial charge is 0.335 e. The molecular formula is C9H15FO2. The summed E-state index contributed by atoms with van der Waals surface area (Å²) in [6.45, 7) is 8.37. The molecular weight excluding hydrogens is 159 g/mol. The normalized spacial score (nSPS) is 15.0. The van der Waals surface area contributed by atoms with E-state index in [2.05, 4.69) is 11.3 Å². The molecule has 3 heteroatoms. The van der Waals surface area contributed by atoms with Gasteiger partial charge in [-0.1, -0.05) is 20.4 Å². The van der Waals surface area contributed by atoms with Gasteiger partial charge in [0, 0.05) is 11.5 Å². The Morgan fingerprint density at radius 2 is 2.17 bits per heavy atom. The van der Waals surface area contributed by atoms with Gasteiger partial charge in [0.15, 0.2) is 0 Å². The predicted molar refractivity (Wildman–Crippen MR) is 45.3 cm³/mol. The van der Waals surface area contributed by atoms with E-state index >= 15 is 0 Å². The molecule has 12 heavy (non-hydrogen) atoms. The summed E-state index contributed by atoms with van der Waals surface area (Å²) in [5.74, 6) is -0.920. The minimum absolute atomic E-state index is 0.223. The van der Waals surface area contributed by atoms with Crippen LogP contribution in [0.15, 0.2) is 12.2 Å². The summed E-state index contributed by atoms with van der Waals surface area (Å²) in [6.07, 6.45) is -0.871. The third-order valence-corrected chi connectivity index (χ3v) is 1.66. The molecule has 0 bridgehead atoms. The Balaban J connectivity index is 3.92. The van der Waals surface area contributed by atoms with Gasteiger partial charge < -0.3 is 4.74 Å². The van der Waals surface area contributed by atoms with Gasteiger partial charge >= 0.3 is 5.97 Å². The van der Waals surface area contributed by atoms with Crippen LogP contribution in [0.5, 0.6) is 0 Å². The highest BCUT2D eigenvalue weighted by Crippen LogP contribution is 2.13. The number of alkyl halides is 1. The first-order valence-corrected chi connectivity index (χ1v) is 3.99. The molecule has 0 fully saturated rings. The topological polar surface area (TPSA) is 26.3 Å². The summed E-state index contributed by atoms with van der Waals surface area (Å²) in [6, 6.07) is 0. The third kappa shape index (κ3) is 3.51. The second-order valence-electron chi connectivity index (χ2n) is 2.92. The van der Waals surface area contributed by atoms with Crippen LogP contribution in [0.4, 0.5) is 4.39 Å². The van der Waals surface area contributed by atoms with Crippen molar-refractivity contribution < 1.29 is 13.9 Å². The fourth-order valence-electron chi connectivity index (χ4n) is 0.504. The molecule has 0 saturated carbocycles. The van der Waals surface area contributed by atoms with Crippen molar-refractivity contribution in [2.75, 3.05) is 0 Å². The molecule has 0 aliphatic carbocycles. The number of carbonyl (C=O) groups is 1. The van der Waals surface area contributed by atoms with Crippen LogP contribution in [0, 0.1) is 5.92 Å². The molecule has 0 heterocycles. The summed E-state index contributed by atoms with van der Waals surface area (Å²) in [7, 11) is 0. The molecule has 2 nitrogen and oxygen atoms in total. The Labute approximate surface area is 72.4 Å². The first-order valence-electron chi connectivity index (χ1n) is 3.99. The average Bonchev–Trinajstić information content (AvgIpc) is 2.02. The lowest BCUT2D eigenvalue weighted by Crippen LogP contribution is -2.20. The van der Waals surface area contributed by atoms with E-state index in [1.54, 1.807) is 6.92 Å². The van der Waals surface area contributed by atoms with E-state index in [9.17, 15) is 9.18 Å². The minimum atomic E-state index is -1.51. The van der Waals surface area contributed by atoms with Crippen molar-refractivity contribution in [3.8, 4) is 0 Å². The average molecular weight is 174 g/mol. The quantitative estimate of drug-likeness (QED) is 0.483. The van der Waals surface area contributed by atoms with Crippen LogP contribution in [0.25, 0.3) is 0 Å². The molecule has 0 aliphatic rings. The summed E-state index contributed by atoms with van der Waals surface area (Å²) < 4.78 is 17.4. The predicted octanol–water partition coefficient (Wildman–Crippen LogP) is 2.45. The van der Waals surface area contributed by atoms with Crippen molar-refractivity contribution in [3.63, 3.8) is 0 Å². The second kappa shape index (κ2) is 4.91. The number of ether oxygens (including phenoxy) is 1. The molecule has 2 atom stereocenters. The number of hydrogen-bond acceptors (Lipinski definition) is 2. The number of hydrogen-bond donors (Lipinski definition) is 0. The van der Waals surface area contributed by atoms with Gasteiger partial charge in [-0.05, 0) is 13.3 Å². The first kappa shape index (κ1) is 11.1. The lowest BCUT2D eigenvalue weighted by atomic mass is 10.1. The molecule has 2 unspecified atom stereocenters. The van der Waals surface area contributed by atoms with Crippen molar-refractivity contribution in [2.24, 2.45) is 5.92 Å². The van der Waals surface area contributed by atoms with E-state index in [-0.39, 0.29) is 11.5 Å².